The molecule has 0 atom stereocenters. The van der Waals surface area contributed by atoms with Crippen molar-refractivity contribution in [2.45, 2.75) is 20.8 Å². The van der Waals surface area contributed by atoms with E-state index in [1.165, 1.54) is 0 Å². The molecule has 1 saturated heterocycles. The van der Waals surface area contributed by atoms with Gasteiger partial charge >= 0.3 is 17.8 Å². The first-order valence-corrected chi connectivity index (χ1v) is 6.90. The van der Waals surface area contributed by atoms with E-state index in [0.717, 1.165) is 16.0 Å². The predicted molar refractivity (Wildman–Crippen MR) is 79.0 cm³/mol. The predicted octanol–water partition coefficient (Wildman–Crippen LogP) is 1.05. The molecule has 0 aromatic heterocycles. The summed E-state index contributed by atoms with van der Waals surface area (Å²) in [6.07, 6.45) is 0. The average molecular weight is 303 g/mol. The fraction of sp³-hybridized carbons (Fsp3) is 0.333. The third kappa shape index (κ3) is 2.69. The van der Waals surface area contributed by atoms with Crippen LogP contribution in [-0.4, -0.2) is 46.6 Å². The number of nitrogens with one attached hydrogen (secondary N) is 1. The van der Waals surface area contributed by atoms with E-state index in [2.05, 4.69) is 5.32 Å². The molecule has 1 heterocycles. The Morgan fingerprint density at radius 3 is 2.09 bits per heavy atom. The van der Waals surface area contributed by atoms with Crippen LogP contribution in [0.1, 0.15) is 18.1 Å². The number of urea groups is 1. The van der Waals surface area contributed by atoms with Crippen molar-refractivity contribution >= 4 is 29.4 Å². The lowest BCUT2D eigenvalue weighted by atomic mass is 10.1. The number of likely N-dealkylation sites (N-methyl/N-ethyl adjacent to an activating group) is 1. The Morgan fingerprint density at radius 1 is 1.05 bits per heavy atom. The Balaban J connectivity index is 2.11. The maximum atomic E-state index is 12.1. The van der Waals surface area contributed by atoms with Crippen LogP contribution >= 0.6 is 0 Å². The first kappa shape index (κ1) is 15.7. The maximum Gasteiger partial charge on any atom is 0.334 e. The van der Waals surface area contributed by atoms with Crippen LogP contribution in [0.5, 0.6) is 0 Å². The van der Waals surface area contributed by atoms with E-state index >= 15 is 0 Å². The first-order valence-electron chi connectivity index (χ1n) is 6.90. The van der Waals surface area contributed by atoms with Gasteiger partial charge in [0.2, 0.25) is 5.91 Å². The highest BCUT2D eigenvalue weighted by Crippen LogP contribution is 2.19. The van der Waals surface area contributed by atoms with Crippen molar-refractivity contribution in [2.75, 3.05) is 18.4 Å². The molecule has 0 spiro atoms. The van der Waals surface area contributed by atoms with Gasteiger partial charge in [-0.05, 0) is 31.9 Å². The number of anilines is 1. The third-order valence-corrected chi connectivity index (χ3v) is 3.50. The van der Waals surface area contributed by atoms with Gasteiger partial charge in [-0.25, -0.2) is 9.69 Å². The lowest BCUT2D eigenvalue weighted by molar-refractivity contribution is -0.143. The number of carbonyl (C=O) groups is 4. The number of hydrogen-bond donors (Lipinski definition) is 1. The Morgan fingerprint density at radius 2 is 1.59 bits per heavy atom. The number of benzene rings is 1. The van der Waals surface area contributed by atoms with Crippen LogP contribution in [0.3, 0.4) is 0 Å². The second-order valence-electron chi connectivity index (χ2n) is 5.04. The summed E-state index contributed by atoms with van der Waals surface area (Å²) in [4.78, 5) is 48.8. The number of carbonyl (C=O) groups excluding carboxylic acids is 4. The molecule has 2 rings (SSSR count). The van der Waals surface area contributed by atoms with Crippen LogP contribution in [0, 0.1) is 13.8 Å². The minimum absolute atomic E-state index is 0.0957. The van der Waals surface area contributed by atoms with Crippen molar-refractivity contribution in [1.29, 1.82) is 0 Å². The van der Waals surface area contributed by atoms with Gasteiger partial charge in [0, 0.05) is 12.2 Å². The Kier molecular flexibility index (Phi) is 4.25. The topological polar surface area (TPSA) is 86.8 Å². The molecule has 1 aromatic rings. The van der Waals surface area contributed by atoms with Crippen molar-refractivity contribution in [3.05, 3.63) is 29.3 Å². The maximum absolute atomic E-state index is 12.1. The molecule has 1 aliphatic rings. The molecule has 1 aromatic carbocycles. The molecule has 5 amide bonds. The van der Waals surface area contributed by atoms with Crippen molar-refractivity contribution < 1.29 is 19.2 Å². The van der Waals surface area contributed by atoms with E-state index in [-0.39, 0.29) is 6.54 Å². The summed E-state index contributed by atoms with van der Waals surface area (Å²) in [6, 6.07) is 4.80. The van der Waals surface area contributed by atoms with Gasteiger partial charge < -0.3 is 5.32 Å². The molecule has 7 heteroatoms. The quantitative estimate of drug-likeness (QED) is 0.665. The highest BCUT2D eigenvalue weighted by Gasteiger charge is 2.44. The Hall–Kier alpha value is -2.70. The summed E-state index contributed by atoms with van der Waals surface area (Å²) in [5.41, 5.74) is 2.39. The lowest BCUT2D eigenvalue weighted by Crippen LogP contribution is -2.39. The molecule has 1 N–H and O–H groups in total. The van der Waals surface area contributed by atoms with Crippen LogP contribution in [0.4, 0.5) is 10.5 Å². The van der Waals surface area contributed by atoms with E-state index in [1.807, 2.05) is 32.0 Å². The zero-order valence-electron chi connectivity index (χ0n) is 12.7. The molecule has 1 aliphatic heterocycles. The second-order valence-corrected chi connectivity index (χ2v) is 5.04. The van der Waals surface area contributed by atoms with Gasteiger partial charge in [0.25, 0.3) is 0 Å². The van der Waals surface area contributed by atoms with E-state index < -0.39 is 30.3 Å². The molecule has 0 bridgehead atoms. The molecule has 0 aliphatic carbocycles. The average Bonchev–Trinajstić information content (AvgIpc) is 2.67. The van der Waals surface area contributed by atoms with Gasteiger partial charge in [0.1, 0.15) is 6.54 Å². The summed E-state index contributed by atoms with van der Waals surface area (Å²) in [7, 11) is 0. The molecular weight excluding hydrogens is 286 g/mol. The van der Waals surface area contributed by atoms with Crippen LogP contribution < -0.4 is 5.32 Å². The lowest BCUT2D eigenvalue weighted by Gasteiger charge is -2.15. The number of imide groups is 2. The van der Waals surface area contributed by atoms with Gasteiger partial charge in [-0.15, -0.1) is 0 Å². The van der Waals surface area contributed by atoms with Crippen LogP contribution in [0.25, 0.3) is 0 Å². The van der Waals surface area contributed by atoms with Crippen LogP contribution in [0.2, 0.25) is 0 Å². The minimum Gasteiger partial charge on any atom is -0.324 e. The number of para-hydroxylation sites is 1. The number of nitrogens with zero attached hydrogens (tertiary/aromatic N) is 2. The summed E-state index contributed by atoms with van der Waals surface area (Å²) >= 11 is 0. The summed E-state index contributed by atoms with van der Waals surface area (Å²) in [5, 5.41) is 2.68. The van der Waals surface area contributed by atoms with Gasteiger partial charge in [-0.2, -0.15) is 0 Å². The summed E-state index contributed by atoms with van der Waals surface area (Å²) in [5.74, 6) is -2.39. The molecular formula is C15H17N3O4. The molecule has 0 radical (unpaired) electrons. The Bertz CT molecular complexity index is 649. The largest absolute Gasteiger partial charge is 0.334 e. The van der Waals surface area contributed by atoms with Gasteiger partial charge in [0.15, 0.2) is 0 Å². The normalized spacial score (nSPS) is 14.8. The summed E-state index contributed by atoms with van der Waals surface area (Å²) < 4.78 is 0. The molecule has 22 heavy (non-hydrogen) atoms. The first-order chi connectivity index (χ1) is 10.4. The fourth-order valence-corrected chi connectivity index (χ4v) is 2.30. The van der Waals surface area contributed by atoms with E-state index in [1.54, 1.807) is 6.92 Å². The SMILES string of the molecule is CCN1C(=O)C(=O)N(CC(=O)Nc2c(C)cccc2C)C1=O. The van der Waals surface area contributed by atoms with Crippen molar-refractivity contribution in [1.82, 2.24) is 9.80 Å². The van der Waals surface area contributed by atoms with Crippen molar-refractivity contribution in [3.8, 4) is 0 Å². The monoisotopic (exact) mass is 303 g/mol. The van der Waals surface area contributed by atoms with Crippen molar-refractivity contribution in [3.63, 3.8) is 0 Å². The summed E-state index contributed by atoms with van der Waals surface area (Å²) in [6.45, 7) is 4.89. The van der Waals surface area contributed by atoms with Gasteiger partial charge in [-0.3, -0.25) is 19.3 Å². The molecule has 7 nitrogen and oxygen atoms in total. The van der Waals surface area contributed by atoms with Crippen LogP contribution in [-0.2, 0) is 14.4 Å². The minimum atomic E-state index is -0.969. The van der Waals surface area contributed by atoms with E-state index in [9.17, 15) is 19.2 Å². The fourth-order valence-electron chi connectivity index (χ4n) is 2.30. The van der Waals surface area contributed by atoms with Crippen molar-refractivity contribution in [2.24, 2.45) is 0 Å². The zero-order chi connectivity index (χ0) is 16.4. The smallest absolute Gasteiger partial charge is 0.324 e. The second kappa shape index (κ2) is 5.97. The molecule has 0 unspecified atom stereocenters. The third-order valence-electron chi connectivity index (χ3n) is 3.50. The standard InChI is InChI=1S/C15H17N3O4/c1-4-17-13(20)14(21)18(15(17)22)8-11(19)16-12-9(2)6-5-7-10(12)3/h5-7H,4,8H2,1-3H3,(H,16,19). The molecule has 116 valence electrons. The highest BCUT2D eigenvalue weighted by atomic mass is 16.2. The van der Waals surface area contributed by atoms with E-state index in [0.29, 0.717) is 10.6 Å². The van der Waals surface area contributed by atoms with Crippen LogP contribution in [0.15, 0.2) is 18.2 Å². The zero-order valence-corrected chi connectivity index (χ0v) is 12.7. The Labute approximate surface area is 127 Å². The molecule has 1 fully saturated rings. The highest BCUT2D eigenvalue weighted by molar-refractivity contribution is 6.45. The number of hydrogen-bond acceptors (Lipinski definition) is 4. The van der Waals surface area contributed by atoms with Gasteiger partial charge in [0.05, 0.1) is 0 Å². The number of aryl methyl sites for hydroxylation is 2. The molecule has 0 saturated carbocycles. The number of rotatable bonds is 4. The van der Waals surface area contributed by atoms with E-state index in [4.69, 9.17) is 0 Å². The number of amides is 5. The van der Waals surface area contributed by atoms with Gasteiger partial charge in [-0.1, -0.05) is 18.2 Å².